The SMILES string of the molecule is NC(=O)c1n[nH]c(C2CCC(F)(F)CC2)c1N. The third-order valence-corrected chi connectivity index (χ3v) is 3.19. The van der Waals surface area contributed by atoms with E-state index < -0.39 is 11.8 Å². The van der Waals surface area contributed by atoms with Crippen LogP contribution in [-0.4, -0.2) is 22.0 Å². The van der Waals surface area contributed by atoms with Crippen LogP contribution >= 0.6 is 0 Å². The van der Waals surface area contributed by atoms with Crippen molar-refractivity contribution in [2.45, 2.75) is 37.5 Å². The Morgan fingerprint density at radius 1 is 1.41 bits per heavy atom. The molecule has 0 saturated heterocycles. The Labute approximate surface area is 96.5 Å². The molecular formula is C10H14F2N4O. The van der Waals surface area contributed by atoms with Gasteiger partial charge in [0.05, 0.1) is 11.4 Å². The lowest BCUT2D eigenvalue weighted by Gasteiger charge is -2.27. The molecule has 0 bridgehead atoms. The number of hydrogen-bond acceptors (Lipinski definition) is 3. The second kappa shape index (κ2) is 3.97. The lowest BCUT2D eigenvalue weighted by atomic mass is 9.84. The Balaban J connectivity index is 2.17. The largest absolute Gasteiger partial charge is 0.395 e. The number of halogens is 2. The summed E-state index contributed by atoms with van der Waals surface area (Å²) in [4.78, 5) is 11.0. The zero-order valence-corrected chi connectivity index (χ0v) is 9.17. The summed E-state index contributed by atoms with van der Waals surface area (Å²) in [6.07, 6.45) is 0.333. The molecule has 0 unspecified atom stereocenters. The maximum Gasteiger partial charge on any atom is 0.271 e. The van der Waals surface area contributed by atoms with Crippen molar-refractivity contribution in [1.29, 1.82) is 0 Å². The fourth-order valence-electron chi connectivity index (χ4n) is 2.19. The third-order valence-electron chi connectivity index (χ3n) is 3.19. The van der Waals surface area contributed by atoms with Gasteiger partial charge in [-0.05, 0) is 12.8 Å². The molecule has 1 aromatic rings. The summed E-state index contributed by atoms with van der Waals surface area (Å²) in [5, 5.41) is 6.35. The smallest absolute Gasteiger partial charge is 0.271 e. The van der Waals surface area contributed by atoms with Crippen molar-refractivity contribution in [3.63, 3.8) is 0 Å². The molecular weight excluding hydrogens is 230 g/mol. The number of nitrogens with zero attached hydrogens (tertiary/aromatic N) is 1. The molecule has 5 nitrogen and oxygen atoms in total. The van der Waals surface area contributed by atoms with E-state index in [9.17, 15) is 13.6 Å². The highest BCUT2D eigenvalue weighted by Gasteiger charge is 2.36. The monoisotopic (exact) mass is 244 g/mol. The van der Waals surface area contributed by atoms with E-state index in [2.05, 4.69) is 10.2 Å². The number of nitrogens with two attached hydrogens (primary N) is 2. The number of H-pyrrole nitrogens is 1. The first-order valence-electron chi connectivity index (χ1n) is 5.42. The van der Waals surface area contributed by atoms with Crippen LogP contribution in [0.15, 0.2) is 0 Å². The van der Waals surface area contributed by atoms with E-state index in [1.54, 1.807) is 0 Å². The highest BCUT2D eigenvalue weighted by atomic mass is 19.3. The minimum atomic E-state index is -2.59. The van der Waals surface area contributed by atoms with Crippen molar-refractivity contribution in [3.05, 3.63) is 11.4 Å². The van der Waals surface area contributed by atoms with E-state index in [1.807, 2.05) is 0 Å². The van der Waals surface area contributed by atoms with E-state index >= 15 is 0 Å². The number of aromatic nitrogens is 2. The molecule has 0 spiro atoms. The molecule has 7 heteroatoms. The second-order valence-electron chi connectivity index (χ2n) is 4.39. The summed E-state index contributed by atoms with van der Waals surface area (Å²) < 4.78 is 26.0. The van der Waals surface area contributed by atoms with E-state index in [0.29, 0.717) is 18.5 Å². The van der Waals surface area contributed by atoms with Gasteiger partial charge in [-0.3, -0.25) is 9.89 Å². The van der Waals surface area contributed by atoms with Crippen LogP contribution < -0.4 is 11.5 Å². The van der Waals surface area contributed by atoms with Crippen LogP contribution in [0.3, 0.4) is 0 Å². The summed E-state index contributed by atoms with van der Waals surface area (Å²) in [7, 11) is 0. The Morgan fingerprint density at radius 2 is 2.00 bits per heavy atom. The fourth-order valence-corrected chi connectivity index (χ4v) is 2.19. The molecule has 0 radical (unpaired) electrons. The van der Waals surface area contributed by atoms with Gasteiger partial charge in [0.2, 0.25) is 5.92 Å². The maximum atomic E-state index is 13.0. The second-order valence-corrected chi connectivity index (χ2v) is 4.39. The van der Waals surface area contributed by atoms with Gasteiger partial charge in [-0.15, -0.1) is 0 Å². The van der Waals surface area contributed by atoms with E-state index in [1.165, 1.54) is 0 Å². The van der Waals surface area contributed by atoms with Gasteiger partial charge >= 0.3 is 0 Å². The van der Waals surface area contributed by atoms with Gasteiger partial charge in [0.25, 0.3) is 5.91 Å². The van der Waals surface area contributed by atoms with Gasteiger partial charge in [0.15, 0.2) is 5.69 Å². The number of aromatic amines is 1. The number of primary amides is 1. The molecule has 17 heavy (non-hydrogen) atoms. The quantitative estimate of drug-likeness (QED) is 0.733. The lowest BCUT2D eigenvalue weighted by Crippen LogP contribution is -2.24. The van der Waals surface area contributed by atoms with Gasteiger partial charge in [0.1, 0.15) is 0 Å². The molecule has 1 amide bonds. The molecule has 1 aliphatic carbocycles. The number of rotatable bonds is 2. The summed E-state index contributed by atoms with van der Waals surface area (Å²) >= 11 is 0. The number of carbonyl (C=O) groups excluding carboxylic acids is 1. The van der Waals surface area contributed by atoms with Gasteiger partial charge < -0.3 is 11.5 Å². The van der Waals surface area contributed by atoms with Crippen molar-refractivity contribution >= 4 is 11.6 Å². The minimum Gasteiger partial charge on any atom is -0.395 e. The maximum absolute atomic E-state index is 13.0. The van der Waals surface area contributed by atoms with Gasteiger partial charge in [-0.1, -0.05) is 0 Å². The standard InChI is InChI=1S/C10H14F2N4O/c11-10(12)3-1-5(2-4-10)7-6(13)8(9(14)17)16-15-7/h5H,1-4,13H2,(H2,14,17)(H,15,16). The van der Waals surface area contributed by atoms with Crippen LogP contribution in [0.5, 0.6) is 0 Å². The summed E-state index contributed by atoms with van der Waals surface area (Å²) in [5.74, 6) is -3.40. The Kier molecular flexibility index (Phi) is 2.76. The Bertz CT molecular complexity index is 434. The molecule has 1 fully saturated rings. The predicted molar refractivity (Wildman–Crippen MR) is 57.7 cm³/mol. The summed E-state index contributed by atoms with van der Waals surface area (Å²) in [6.45, 7) is 0. The topological polar surface area (TPSA) is 97.8 Å². The molecule has 1 saturated carbocycles. The number of nitrogens with one attached hydrogen (secondary N) is 1. The van der Waals surface area contributed by atoms with E-state index in [4.69, 9.17) is 11.5 Å². The average molecular weight is 244 g/mol. The number of anilines is 1. The van der Waals surface area contributed by atoms with Crippen molar-refractivity contribution < 1.29 is 13.6 Å². The number of nitrogen functional groups attached to an aromatic ring is 1. The molecule has 0 aliphatic heterocycles. The molecule has 0 atom stereocenters. The van der Waals surface area contributed by atoms with E-state index in [-0.39, 0.29) is 30.1 Å². The molecule has 2 rings (SSSR count). The molecule has 1 heterocycles. The van der Waals surface area contributed by atoms with Crippen LogP contribution in [0.4, 0.5) is 14.5 Å². The first kappa shape index (κ1) is 11.8. The van der Waals surface area contributed by atoms with Gasteiger partial charge in [0, 0.05) is 18.8 Å². The van der Waals surface area contributed by atoms with E-state index in [0.717, 1.165) is 0 Å². The molecule has 0 aromatic carbocycles. The number of alkyl halides is 2. The first-order chi connectivity index (χ1) is 7.91. The van der Waals surface area contributed by atoms with Crippen LogP contribution in [0.25, 0.3) is 0 Å². The highest BCUT2D eigenvalue weighted by Crippen LogP contribution is 2.41. The summed E-state index contributed by atoms with van der Waals surface area (Å²) in [6, 6.07) is 0. The third kappa shape index (κ3) is 2.22. The van der Waals surface area contributed by atoms with Crippen molar-refractivity contribution in [3.8, 4) is 0 Å². The number of hydrogen-bond donors (Lipinski definition) is 3. The summed E-state index contributed by atoms with van der Waals surface area (Å²) in [5.41, 5.74) is 11.5. The highest BCUT2D eigenvalue weighted by molar-refractivity contribution is 5.96. The van der Waals surface area contributed by atoms with Gasteiger partial charge in [-0.2, -0.15) is 5.10 Å². The Hall–Kier alpha value is -1.66. The van der Waals surface area contributed by atoms with Crippen LogP contribution in [0.2, 0.25) is 0 Å². The number of carbonyl (C=O) groups is 1. The first-order valence-corrected chi connectivity index (χ1v) is 5.42. The van der Waals surface area contributed by atoms with Crippen LogP contribution in [0, 0.1) is 0 Å². The van der Waals surface area contributed by atoms with Crippen LogP contribution in [-0.2, 0) is 0 Å². The molecule has 1 aliphatic rings. The van der Waals surface area contributed by atoms with Crippen molar-refractivity contribution in [2.24, 2.45) is 5.73 Å². The zero-order valence-electron chi connectivity index (χ0n) is 9.17. The molecule has 5 N–H and O–H groups in total. The molecule has 94 valence electrons. The predicted octanol–water partition coefficient (Wildman–Crippen LogP) is 1.38. The van der Waals surface area contributed by atoms with Crippen LogP contribution in [0.1, 0.15) is 47.8 Å². The fraction of sp³-hybridized carbons (Fsp3) is 0.600. The minimum absolute atomic E-state index is 0.0164. The average Bonchev–Trinajstić information content (AvgIpc) is 2.60. The Morgan fingerprint density at radius 3 is 2.47 bits per heavy atom. The van der Waals surface area contributed by atoms with Crippen molar-refractivity contribution in [1.82, 2.24) is 10.2 Å². The zero-order chi connectivity index (χ0) is 12.6. The lowest BCUT2D eigenvalue weighted by molar-refractivity contribution is -0.0384. The normalized spacial score (nSPS) is 20.4. The molecule has 1 aromatic heterocycles. The number of amides is 1. The van der Waals surface area contributed by atoms with Gasteiger partial charge in [-0.25, -0.2) is 8.78 Å². The van der Waals surface area contributed by atoms with Crippen molar-refractivity contribution in [2.75, 3.05) is 5.73 Å².